The van der Waals surface area contributed by atoms with Crippen LogP contribution in [0.1, 0.15) is 38.7 Å². The smallest absolute Gasteiger partial charge is 0.00872 e. The van der Waals surface area contributed by atoms with Crippen LogP contribution in [0.2, 0.25) is 0 Å². The molecule has 96 valence electrons. The summed E-state index contributed by atoms with van der Waals surface area (Å²) in [6, 6.07) is 15.6. The third-order valence-corrected chi connectivity index (χ3v) is 4.09. The first-order chi connectivity index (χ1) is 8.58. The summed E-state index contributed by atoms with van der Waals surface area (Å²) in [6.45, 7) is 6.97. The normalized spacial score (nSPS) is 14.9. The molecule has 0 aliphatic heterocycles. The van der Waals surface area contributed by atoms with Gasteiger partial charge in [0, 0.05) is 3.92 Å². The van der Waals surface area contributed by atoms with Crippen molar-refractivity contribution in [2.24, 2.45) is 5.92 Å². The second kappa shape index (κ2) is 6.05. The van der Waals surface area contributed by atoms with Crippen molar-refractivity contribution < 1.29 is 0 Å². The highest BCUT2D eigenvalue weighted by Gasteiger charge is 2.17. The van der Waals surface area contributed by atoms with Gasteiger partial charge in [0.1, 0.15) is 0 Å². The molecule has 0 bridgehead atoms. The molecule has 0 saturated carbocycles. The average Bonchev–Trinajstić information content (AvgIpc) is 2.35. The van der Waals surface area contributed by atoms with Crippen LogP contribution < -0.4 is 0 Å². The van der Waals surface area contributed by atoms with Crippen LogP contribution in [0.3, 0.4) is 0 Å². The van der Waals surface area contributed by atoms with Gasteiger partial charge in [-0.05, 0) is 34.6 Å². The number of hydrogen-bond donors (Lipinski definition) is 0. The average molecular weight is 352 g/mol. The lowest BCUT2D eigenvalue weighted by atomic mass is 9.84. The molecule has 2 rings (SSSR count). The van der Waals surface area contributed by atoms with Crippen molar-refractivity contribution in [1.82, 2.24) is 0 Å². The molecule has 0 spiro atoms. The van der Waals surface area contributed by atoms with E-state index >= 15 is 0 Å². The Morgan fingerprint density at radius 3 is 2.22 bits per heavy atom. The van der Waals surface area contributed by atoms with Gasteiger partial charge >= 0.3 is 0 Å². The molecule has 2 unspecified atom stereocenters. The minimum atomic E-state index is 0.668. The van der Waals surface area contributed by atoms with Crippen molar-refractivity contribution in [1.29, 1.82) is 0 Å². The molecule has 0 radical (unpaired) electrons. The molecule has 0 aliphatic carbocycles. The van der Waals surface area contributed by atoms with Crippen LogP contribution in [-0.2, 0) is 0 Å². The van der Waals surface area contributed by atoms with E-state index in [0.29, 0.717) is 11.8 Å². The van der Waals surface area contributed by atoms with Gasteiger partial charge in [0.25, 0.3) is 0 Å². The van der Waals surface area contributed by atoms with Gasteiger partial charge in [0.05, 0.1) is 0 Å². The fourth-order valence-corrected chi connectivity index (χ4v) is 3.13. The van der Waals surface area contributed by atoms with E-state index in [0.717, 1.165) is 3.92 Å². The fraction of sp³-hybridized carbons (Fsp3) is 0.412. The maximum Gasteiger partial charge on any atom is 0.00872 e. The van der Waals surface area contributed by atoms with Gasteiger partial charge in [0.2, 0.25) is 0 Å². The van der Waals surface area contributed by atoms with Crippen LogP contribution in [0.15, 0.2) is 42.5 Å². The van der Waals surface area contributed by atoms with Gasteiger partial charge < -0.3 is 0 Å². The number of hydrogen-bond acceptors (Lipinski definition) is 0. The van der Waals surface area contributed by atoms with Crippen LogP contribution in [0, 0.1) is 5.92 Å². The van der Waals surface area contributed by atoms with E-state index in [9.17, 15) is 0 Å². The van der Waals surface area contributed by atoms with E-state index in [2.05, 4.69) is 85.8 Å². The summed E-state index contributed by atoms with van der Waals surface area (Å²) >= 11 is 2.54. The third kappa shape index (κ3) is 3.25. The summed E-state index contributed by atoms with van der Waals surface area (Å²) in [4.78, 5) is 0. The molecule has 1 heteroatoms. The highest BCUT2D eigenvalue weighted by Crippen LogP contribution is 2.32. The third-order valence-electron chi connectivity index (χ3n) is 3.59. The number of rotatable bonds is 4. The lowest BCUT2D eigenvalue weighted by Gasteiger charge is -2.23. The van der Waals surface area contributed by atoms with Crippen molar-refractivity contribution >= 4 is 33.4 Å². The van der Waals surface area contributed by atoms with E-state index in [-0.39, 0.29) is 0 Å². The van der Waals surface area contributed by atoms with Gasteiger partial charge in [0.15, 0.2) is 0 Å². The number of alkyl halides is 1. The van der Waals surface area contributed by atoms with Crippen molar-refractivity contribution in [3.63, 3.8) is 0 Å². The Hall–Kier alpha value is -0.570. The van der Waals surface area contributed by atoms with E-state index in [1.165, 1.54) is 22.8 Å². The van der Waals surface area contributed by atoms with Crippen molar-refractivity contribution in [2.45, 2.75) is 37.0 Å². The first-order valence-electron chi connectivity index (χ1n) is 6.70. The zero-order valence-electron chi connectivity index (χ0n) is 11.4. The lowest BCUT2D eigenvalue weighted by Crippen LogP contribution is -2.10. The van der Waals surface area contributed by atoms with E-state index in [1.807, 2.05) is 0 Å². The Morgan fingerprint density at radius 2 is 1.61 bits per heavy atom. The summed E-state index contributed by atoms with van der Waals surface area (Å²) in [5.41, 5.74) is 1.49. The standard InChI is InChI=1S/C17H21I/c1-12(2)17(10-13(3)18)16-9-8-14-6-4-5-7-15(14)11-16/h4-9,11-13,17H,10H2,1-3H3. The molecule has 0 nitrogen and oxygen atoms in total. The lowest BCUT2D eigenvalue weighted by molar-refractivity contribution is 0.472. The predicted octanol–water partition coefficient (Wildman–Crippen LogP) is 5.79. The van der Waals surface area contributed by atoms with Crippen molar-refractivity contribution in [3.8, 4) is 0 Å². The Kier molecular flexibility index (Phi) is 4.66. The molecule has 2 aromatic rings. The van der Waals surface area contributed by atoms with E-state index < -0.39 is 0 Å². The molecule has 0 aromatic heterocycles. The van der Waals surface area contributed by atoms with Gasteiger partial charge in [-0.3, -0.25) is 0 Å². The molecule has 2 atom stereocenters. The van der Waals surface area contributed by atoms with Crippen LogP contribution in [0.25, 0.3) is 10.8 Å². The van der Waals surface area contributed by atoms with Gasteiger partial charge in [-0.25, -0.2) is 0 Å². The van der Waals surface area contributed by atoms with Crippen LogP contribution >= 0.6 is 22.6 Å². The van der Waals surface area contributed by atoms with Crippen LogP contribution in [-0.4, -0.2) is 3.92 Å². The Labute approximate surface area is 124 Å². The summed E-state index contributed by atoms with van der Waals surface area (Å²) in [5, 5.41) is 2.70. The molecule has 18 heavy (non-hydrogen) atoms. The largest absolute Gasteiger partial charge is 0.0829 e. The molecular weight excluding hydrogens is 331 g/mol. The highest BCUT2D eigenvalue weighted by atomic mass is 127. The summed E-state index contributed by atoms with van der Waals surface area (Å²) < 4.78 is 0.724. The van der Waals surface area contributed by atoms with Gasteiger partial charge in [-0.15, -0.1) is 0 Å². The minimum absolute atomic E-state index is 0.668. The summed E-state index contributed by atoms with van der Waals surface area (Å²) in [7, 11) is 0. The maximum absolute atomic E-state index is 2.54. The quantitative estimate of drug-likeness (QED) is 0.482. The molecule has 0 heterocycles. The molecular formula is C17H21I. The highest BCUT2D eigenvalue weighted by molar-refractivity contribution is 14.1. The number of halogens is 1. The number of benzene rings is 2. The van der Waals surface area contributed by atoms with Gasteiger partial charge in [-0.2, -0.15) is 0 Å². The van der Waals surface area contributed by atoms with E-state index in [1.54, 1.807) is 0 Å². The summed E-state index contributed by atoms with van der Waals surface area (Å²) in [6.07, 6.45) is 1.26. The molecule has 0 N–H and O–H groups in total. The summed E-state index contributed by atoms with van der Waals surface area (Å²) in [5.74, 6) is 1.37. The second-order valence-electron chi connectivity index (χ2n) is 5.47. The Balaban J connectivity index is 2.38. The molecule has 0 amide bonds. The number of fused-ring (bicyclic) bond motifs is 1. The Morgan fingerprint density at radius 1 is 0.944 bits per heavy atom. The first-order valence-corrected chi connectivity index (χ1v) is 7.95. The second-order valence-corrected chi connectivity index (χ2v) is 7.60. The molecule has 2 aromatic carbocycles. The Bertz CT molecular complexity index is 514. The van der Waals surface area contributed by atoms with Crippen molar-refractivity contribution in [3.05, 3.63) is 48.0 Å². The van der Waals surface area contributed by atoms with Crippen molar-refractivity contribution in [2.75, 3.05) is 0 Å². The van der Waals surface area contributed by atoms with Crippen LogP contribution in [0.5, 0.6) is 0 Å². The molecule has 0 aliphatic rings. The SMILES string of the molecule is CC(I)CC(c1ccc2ccccc2c1)C(C)C. The predicted molar refractivity (Wildman–Crippen MR) is 89.6 cm³/mol. The molecule has 0 fully saturated rings. The zero-order chi connectivity index (χ0) is 13.1. The first kappa shape index (κ1) is 13.9. The maximum atomic E-state index is 2.54. The van der Waals surface area contributed by atoms with Crippen LogP contribution in [0.4, 0.5) is 0 Å². The molecule has 0 saturated heterocycles. The fourth-order valence-electron chi connectivity index (χ4n) is 2.58. The van der Waals surface area contributed by atoms with Gasteiger partial charge in [-0.1, -0.05) is 85.8 Å². The topological polar surface area (TPSA) is 0 Å². The van der Waals surface area contributed by atoms with E-state index in [4.69, 9.17) is 0 Å². The zero-order valence-corrected chi connectivity index (χ0v) is 13.5. The minimum Gasteiger partial charge on any atom is -0.0829 e. The monoisotopic (exact) mass is 352 g/mol.